The van der Waals surface area contributed by atoms with Crippen LogP contribution in [0, 0.1) is 13.8 Å². The van der Waals surface area contributed by atoms with Gasteiger partial charge in [-0.25, -0.2) is 13.1 Å². The molecule has 0 fully saturated rings. The maximum absolute atomic E-state index is 12.4. The topological polar surface area (TPSA) is 103 Å². The number of nitrogens with zero attached hydrogens (tertiary/aromatic N) is 3. The van der Waals surface area contributed by atoms with Gasteiger partial charge in [-0.15, -0.1) is 10.2 Å². The van der Waals surface area contributed by atoms with Crippen molar-refractivity contribution in [1.82, 2.24) is 19.5 Å². The molecule has 0 saturated heterocycles. The molecule has 0 aliphatic heterocycles. The van der Waals surface area contributed by atoms with E-state index in [-0.39, 0.29) is 11.4 Å². The van der Waals surface area contributed by atoms with E-state index < -0.39 is 10.0 Å². The molecule has 0 spiro atoms. The lowest BCUT2D eigenvalue weighted by atomic mass is 10.1. The van der Waals surface area contributed by atoms with Crippen molar-refractivity contribution in [3.05, 3.63) is 41.0 Å². The molecule has 2 aromatic rings. The molecule has 7 nitrogen and oxygen atoms in total. The maximum Gasteiger partial charge on any atom is 0.241 e. The number of aromatic nitrogens is 3. The molecule has 1 heterocycles. The Labute approximate surface area is 124 Å². The van der Waals surface area contributed by atoms with Gasteiger partial charge < -0.3 is 10.3 Å². The third-order valence-corrected chi connectivity index (χ3v) is 4.91. The van der Waals surface area contributed by atoms with Gasteiger partial charge in [0.1, 0.15) is 12.2 Å². The van der Waals surface area contributed by atoms with Crippen LogP contribution in [0.25, 0.3) is 0 Å². The Bertz CT molecular complexity index is 752. The Morgan fingerprint density at radius 2 is 2.00 bits per heavy atom. The smallest absolute Gasteiger partial charge is 0.241 e. The fourth-order valence-corrected chi connectivity index (χ4v) is 3.34. The molecule has 2 rings (SSSR count). The van der Waals surface area contributed by atoms with Crippen LogP contribution in [0.3, 0.4) is 0 Å². The minimum absolute atomic E-state index is 0.0874. The number of hydrogen-bond acceptors (Lipinski definition) is 5. The molecule has 1 aromatic carbocycles. The third kappa shape index (κ3) is 3.29. The van der Waals surface area contributed by atoms with Crippen LogP contribution < -0.4 is 10.5 Å². The van der Waals surface area contributed by atoms with Gasteiger partial charge in [0.25, 0.3) is 0 Å². The summed E-state index contributed by atoms with van der Waals surface area (Å²) in [6.07, 6.45) is 1.52. The van der Waals surface area contributed by atoms with E-state index in [1.807, 2.05) is 13.0 Å². The zero-order valence-corrected chi connectivity index (χ0v) is 13.1. The molecule has 0 radical (unpaired) electrons. The lowest BCUT2D eigenvalue weighted by Crippen LogP contribution is -2.25. The highest BCUT2D eigenvalue weighted by Gasteiger charge is 2.19. The average molecular weight is 309 g/mol. The van der Waals surface area contributed by atoms with Crippen LogP contribution in [-0.2, 0) is 30.2 Å². The predicted molar refractivity (Wildman–Crippen MR) is 78.8 cm³/mol. The molecule has 8 heteroatoms. The minimum atomic E-state index is -3.62. The second kappa shape index (κ2) is 5.92. The summed E-state index contributed by atoms with van der Waals surface area (Å²) in [5.74, 6) is 0.544. The van der Waals surface area contributed by atoms with Crippen LogP contribution in [0.2, 0.25) is 0 Å². The van der Waals surface area contributed by atoms with Gasteiger partial charge in [0, 0.05) is 13.6 Å². The minimum Gasteiger partial charge on any atom is -0.326 e. The van der Waals surface area contributed by atoms with Crippen molar-refractivity contribution in [1.29, 1.82) is 0 Å². The summed E-state index contributed by atoms with van der Waals surface area (Å²) in [5, 5.41) is 7.56. The largest absolute Gasteiger partial charge is 0.326 e. The first-order chi connectivity index (χ1) is 9.85. The average Bonchev–Trinajstić information content (AvgIpc) is 2.82. The van der Waals surface area contributed by atoms with Gasteiger partial charge in [-0.1, -0.05) is 6.07 Å². The van der Waals surface area contributed by atoms with E-state index in [1.54, 1.807) is 24.6 Å². The van der Waals surface area contributed by atoms with Crippen LogP contribution in [0.5, 0.6) is 0 Å². The van der Waals surface area contributed by atoms with E-state index in [0.29, 0.717) is 17.9 Å². The van der Waals surface area contributed by atoms with Gasteiger partial charge >= 0.3 is 0 Å². The van der Waals surface area contributed by atoms with Crippen LogP contribution in [0.15, 0.2) is 23.4 Å². The van der Waals surface area contributed by atoms with E-state index in [2.05, 4.69) is 14.9 Å². The summed E-state index contributed by atoms with van der Waals surface area (Å²) in [7, 11) is -1.86. The molecular formula is C13H19N5O2S. The fraction of sp³-hybridized carbons (Fsp3) is 0.385. The Morgan fingerprint density at radius 1 is 1.29 bits per heavy atom. The van der Waals surface area contributed by atoms with E-state index in [1.165, 1.54) is 6.33 Å². The summed E-state index contributed by atoms with van der Waals surface area (Å²) in [4.78, 5) is 0.246. The summed E-state index contributed by atoms with van der Waals surface area (Å²) in [5.41, 5.74) is 8.14. The number of nitrogens with one attached hydrogen (secondary N) is 1. The number of sulfonamides is 1. The highest BCUT2D eigenvalue weighted by atomic mass is 32.2. The van der Waals surface area contributed by atoms with Crippen molar-refractivity contribution in [3.8, 4) is 0 Å². The molecule has 0 bridgehead atoms. The first kappa shape index (κ1) is 15.6. The van der Waals surface area contributed by atoms with Crippen LogP contribution in [-0.4, -0.2) is 23.2 Å². The van der Waals surface area contributed by atoms with Crippen molar-refractivity contribution in [3.63, 3.8) is 0 Å². The molecule has 0 aliphatic rings. The van der Waals surface area contributed by atoms with E-state index in [4.69, 9.17) is 5.73 Å². The van der Waals surface area contributed by atoms with Gasteiger partial charge in [-0.2, -0.15) is 0 Å². The lowest BCUT2D eigenvalue weighted by Gasteiger charge is -2.12. The number of aryl methyl sites for hydroxylation is 3. The second-order valence-corrected chi connectivity index (χ2v) is 6.67. The van der Waals surface area contributed by atoms with E-state index in [0.717, 1.165) is 11.1 Å². The Kier molecular flexibility index (Phi) is 4.40. The fourth-order valence-electron chi connectivity index (χ4n) is 2.09. The number of rotatable bonds is 5. The molecule has 0 amide bonds. The molecule has 114 valence electrons. The van der Waals surface area contributed by atoms with Gasteiger partial charge in [-0.3, -0.25) is 0 Å². The molecule has 3 N–H and O–H groups in total. The highest BCUT2D eigenvalue weighted by molar-refractivity contribution is 7.89. The molecule has 0 atom stereocenters. The van der Waals surface area contributed by atoms with E-state index in [9.17, 15) is 8.42 Å². The second-order valence-electron chi connectivity index (χ2n) is 4.93. The Hall–Kier alpha value is -1.77. The normalized spacial score (nSPS) is 11.8. The zero-order chi connectivity index (χ0) is 15.6. The summed E-state index contributed by atoms with van der Waals surface area (Å²) in [6, 6.07) is 3.46. The summed E-state index contributed by atoms with van der Waals surface area (Å²) in [6.45, 7) is 4.07. The first-order valence-corrected chi connectivity index (χ1v) is 7.96. The standard InChI is InChI=1S/C13H19N5O2S/c1-9-4-10(2)12(5-11(9)6-14)21(19,20)16-7-13-17-15-8-18(13)3/h4-5,8,16H,6-7,14H2,1-3H3. The monoisotopic (exact) mass is 309 g/mol. The molecular weight excluding hydrogens is 290 g/mol. The van der Waals surface area contributed by atoms with E-state index >= 15 is 0 Å². The number of hydrogen-bond donors (Lipinski definition) is 2. The van der Waals surface area contributed by atoms with Crippen molar-refractivity contribution < 1.29 is 8.42 Å². The molecule has 0 unspecified atom stereocenters. The Balaban J connectivity index is 2.29. The summed E-state index contributed by atoms with van der Waals surface area (Å²) < 4.78 is 29.1. The molecule has 1 aromatic heterocycles. The van der Waals surface area contributed by atoms with Crippen LogP contribution in [0.1, 0.15) is 22.5 Å². The third-order valence-electron chi connectivity index (χ3n) is 3.37. The molecule has 21 heavy (non-hydrogen) atoms. The van der Waals surface area contributed by atoms with Crippen LogP contribution >= 0.6 is 0 Å². The SMILES string of the molecule is Cc1cc(C)c(S(=O)(=O)NCc2nncn2C)cc1CN. The number of nitrogens with two attached hydrogens (primary N) is 1. The zero-order valence-electron chi connectivity index (χ0n) is 12.3. The van der Waals surface area contributed by atoms with Crippen molar-refractivity contribution in [2.75, 3.05) is 0 Å². The lowest BCUT2D eigenvalue weighted by molar-refractivity contribution is 0.576. The van der Waals surface area contributed by atoms with Crippen molar-refractivity contribution in [2.45, 2.75) is 31.8 Å². The predicted octanol–water partition coefficient (Wildman–Crippen LogP) is 0.369. The number of benzene rings is 1. The maximum atomic E-state index is 12.4. The van der Waals surface area contributed by atoms with Crippen LogP contribution in [0.4, 0.5) is 0 Å². The molecule has 0 saturated carbocycles. The molecule has 0 aliphatic carbocycles. The van der Waals surface area contributed by atoms with Gasteiger partial charge in [0.15, 0.2) is 0 Å². The highest BCUT2D eigenvalue weighted by Crippen LogP contribution is 2.20. The quantitative estimate of drug-likeness (QED) is 0.830. The first-order valence-electron chi connectivity index (χ1n) is 6.48. The van der Waals surface area contributed by atoms with Gasteiger partial charge in [0.05, 0.1) is 11.4 Å². The van der Waals surface area contributed by atoms with Crippen molar-refractivity contribution in [2.24, 2.45) is 12.8 Å². The van der Waals surface area contributed by atoms with Crippen molar-refractivity contribution >= 4 is 10.0 Å². The summed E-state index contributed by atoms with van der Waals surface area (Å²) >= 11 is 0. The van der Waals surface area contributed by atoms with Gasteiger partial charge in [0.2, 0.25) is 10.0 Å². The Morgan fingerprint density at radius 3 is 2.57 bits per heavy atom. The van der Waals surface area contributed by atoms with Gasteiger partial charge in [-0.05, 0) is 36.6 Å².